The van der Waals surface area contributed by atoms with Gasteiger partial charge in [-0.05, 0) is 17.2 Å². The van der Waals surface area contributed by atoms with Gasteiger partial charge in [0.15, 0.2) is 5.54 Å². The molecule has 2 aromatic rings. The molecule has 0 fully saturated rings. The maximum absolute atomic E-state index is 12.5. The molecule has 0 aliphatic carbocycles. The molecular formula is C16H11NO3. The normalized spacial score (nSPS) is 23.0. The maximum Gasteiger partial charge on any atom is 0.341 e. The van der Waals surface area contributed by atoms with Crippen molar-refractivity contribution in [2.24, 2.45) is 0 Å². The molecule has 4 rings (SSSR count). The Morgan fingerprint density at radius 3 is 2.50 bits per heavy atom. The van der Waals surface area contributed by atoms with Crippen molar-refractivity contribution >= 4 is 11.9 Å². The summed E-state index contributed by atoms with van der Waals surface area (Å²) in [6.07, 6.45) is 0. The second kappa shape index (κ2) is 3.70. The summed E-state index contributed by atoms with van der Waals surface area (Å²) in [5.74, 6) is -0.663. The third-order valence-electron chi connectivity index (χ3n) is 3.96. The number of ether oxygens (including phenoxy) is 1. The highest BCUT2D eigenvalue weighted by atomic mass is 16.5. The van der Waals surface area contributed by atoms with Crippen LogP contribution in [0, 0.1) is 0 Å². The number of amides is 1. The second-order valence-electron chi connectivity index (χ2n) is 4.98. The summed E-state index contributed by atoms with van der Waals surface area (Å²) in [7, 11) is 0. The third-order valence-corrected chi connectivity index (χ3v) is 3.96. The van der Waals surface area contributed by atoms with Crippen molar-refractivity contribution in [1.29, 1.82) is 0 Å². The van der Waals surface area contributed by atoms with E-state index in [4.69, 9.17) is 4.74 Å². The van der Waals surface area contributed by atoms with Crippen molar-refractivity contribution in [3.05, 3.63) is 70.8 Å². The number of hydrogen-bond donors (Lipinski definition) is 1. The number of carbonyl (C=O) groups is 2. The number of benzene rings is 2. The number of esters is 1. The van der Waals surface area contributed by atoms with Gasteiger partial charge in [-0.15, -0.1) is 0 Å². The van der Waals surface area contributed by atoms with Crippen molar-refractivity contribution in [1.82, 2.24) is 5.32 Å². The largest absolute Gasteiger partial charge is 0.459 e. The van der Waals surface area contributed by atoms with Gasteiger partial charge in [0.1, 0.15) is 6.61 Å². The predicted molar refractivity (Wildman–Crippen MR) is 70.9 cm³/mol. The van der Waals surface area contributed by atoms with E-state index < -0.39 is 11.5 Å². The van der Waals surface area contributed by atoms with Crippen LogP contribution in [-0.2, 0) is 21.7 Å². The molecule has 0 bridgehead atoms. The third kappa shape index (κ3) is 1.20. The summed E-state index contributed by atoms with van der Waals surface area (Å²) >= 11 is 0. The van der Waals surface area contributed by atoms with Crippen LogP contribution in [0.3, 0.4) is 0 Å². The van der Waals surface area contributed by atoms with Gasteiger partial charge in [0, 0.05) is 11.1 Å². The Hall–Kier alpha value is -2.62. The minimum atomic E-state index is -1.19. The van der Waals surface area contributed by atoms with Crippen molar-refractivity contribution in [3.63, 3.8) is 0 Å². The first kappa shape index (κ1) is 11.2. The van der Waals surface area contributed by atoms with Crippen LogP contribution in [0.2, 0.25) is 0 Å². The molecule has 4 nitrogen and oxygen atoms in total. The van der Waals surface area contributed by atoms with E-state index in [9.17, 15) is 9.59 Å². The lowest BCUT2D eigenvalue weighted by Crippen LogP contribution is -2.51. The number of fused-ring (bicyclic) bond motifs is 4. The highest BCUT2D eigenvalue weighted by molar-refractivity contribution is 6.08. The van der Waals surface area contributed by atoms with Gasteiger partial charge in [0.25, 0.3) is 5.91 Å². The summed E-state index contributed by atoms with van der Waals surface area (Å²) in [6.45, 7) is 0.245. The SMILES string of the molecule is O=C1NC2(C(=O)OCc3ccccc32)c2ccccc21. The molecule has 0 aromatic heterocycles. The molecule has 2 aliphatic heterocycles. The molecular weight excluding hydrogens is 254 g/mol. The summed E-state index contributed by atoms with van der Waals surface area (Å²) in [6, 6.07) is 14.7. The van der Waals surface area contributed by atoms with Gasteiger partial charge >= 0.3 is 5.97 Å². The molecule has 1 amide bonds. The quantitative estimate of drug-likeness (QED) is 0.738. The van der Waals surface area contributed by atoms with Crippen LogP contribution in [0.5, 0.6) is 0 Å². The van der Waals surface area contributed by atoms with E-state index >= 15 is 0 Å². The predicted octanol–water partition coefficient (Wildman–Crippen LogP) is 1.73. The first-order valence-corrected chi connectivity index (χ1v) is 6.41. The molecule has 0 saturated carbocycles. The average molecular weight is 265 g/mol. The minimum absolute atomic E-state index is 0.241. The smallest absolute Gasteiger partial charge is 0.341 e. The number of hydrogen-bond acceptors (Lipinski definition) is 3. The van der Waals surface area contributed by atoms with Crippen molar-refractivity contribution in [2.45, 2.75) is 12.1 Å². The molecule has 0 radical (unpaired) electrons. The second-order valence-corrected chi connectivity index (χ2v) is 4.98. The Kier molecular flexibility index (Phi) is 2.07. The number of rotatable bonds is 0. The maximum atomic E-state index is 12.5. The fourth-order valence-electron chi connectivity index (χ4n) is 3.06. The summed E-state index contributed by atoms with van der Waals surface area (Å²) in [4.78, 5) is 24.6. The monoisotopic (exact) mass is 265 g/mol. The van der Waals surface area contributed by atoms with E-state index in [1.807, 2.05) is 30.3 Å². The Balaban J connectivity index is 2.07. The van der Waals surface area contributed by atoms with E-state index in [1.54, 1.807) is 18.2 Å². The van der Waals surface area contributed by atoms with Crippen molar-refractivity contribution in [2.75, 3.05) is 0 Å². The Labute approximate surface area is 115 Å². The Morgan fingerprint density at radius 2 is 1.65 bits per heavy atom. The fraction of sp³-hybridized carbons (Fsp3) is 0.125. The topological polar surface area (TPSA) is 55.4 Å². The van der Waals surface area contributed by atoms with E-state index in [0.29, 0.717) is 11.1 Å². The molecule has 20 heavy (non-hydrogen) atoms. The number of nitrogens with one attached hydrogen (secondary N) is 1. The van der Waals surface area contributed by atoms with Gasteiger partial charge in [-0.1, -0.05) is 42.5 Å². The summed E-state index contributed by atoms with van der Waals surface area (Å²) in [5, 5.41) is 2.83. The van der Waals surface area contributed by atoms with Gasteiger partial charge < -0.3 is 10.1 Å². The summed E-state index contributed by atoms with van der Waals surface area (Å²) < 4.78 is 5.29. The van der Waals surface area contributed by atoms with Crippen molar-refractivity contribution in [3.8, 4) is 0 Å². The molecule has 0 saturated heterocycles. The Bertz CT molecular complexity index is 753. The molecule has 1 N–H and O–H groups in total. The van der Waals surface area contributed by atoms with Crippen LogP contribution < -0.4 is 5.32 Å². The van der Waals surface area contributed by atoms with Crippen LogP contribution in [0.4, 0.5) is 0 Å². The molecule has 4 heteroatoms. The molecule has 1 unspecified atom stereocenters. The van der Waals surface area contributed by atoms with E-state index in [2.05, 4.69) is 5.32 Å². The number of carbonyl (C=O) groups excluding carboxylic acids is 2. The lowest BCUT2D eigenvalue weighted by molar-refractivity contribution is -0.153. The zero-order valence-corrected chi connectivity index (χ0v) is 10.6. The highest BCUT2D eigenvalue weighted by Gasteiger charge is 2.54. The molecule has 2 aromatic carbocycles. The molecule has 2 aliphatic rings. The van der Waals surface area contributed by atoms with Gasteiger partial charge in [-0.25, -0.2) is 4.79 Å². The van der Waals surface area contributed by atoms with Gasteiger partial charge in [-0.3, -0.25) is 4.79 Å². The lowest BCUT2D eigenvalue weighted by atomic mass is 9.80. The van der Waals surface area contributed by atoms with Gasteiger partial charge in [0.05, 0.1) is 0 Å². The van der Waals surface area contributed by atoms with Gasteiger partial charge in [-0.2, -0.15) is 0 Å². The first-order chi connectivity index (χ1) is 9.73. The average Bonchev–Trinajstić information content (AvgIpc) is 2.79. The van der Waals surface area contributed by atoms with Crippen LogP contribution >= 0.6 is 0 Å². The van der Waals surface area contributed by atoms with Crippen LogP contribution in [0.25, 0.3) is 0 Å². The van der Waals surface area contributed by atoms with Crippen LogP contribution in [-0.4, -0.2) is 11.9 Å². The van der Waals surface area contributed by atoms with E-state index in [0.717, 1.165) is 11.1 Å². The summed E-state index contributed by atoms with van der Waals surface area (Å²) in [5.41, 5.74) is 1.73. The zero-order valence-electron chi connectivity index (χ0n) is 10.6. The van der Waals surface area contributed by atoms with Crippen LogP contribution in [0.1, 0.15) is 27.0 Å². The van der Waals surface area contributed by atoms with Gasteiger partial charge in [0.2, 0.25) is 0 Å². The minimum Gasteiger partial charge on any atom is -0.459 e. The standard InChI is InChI=1S/C16H11NO3/c18-14-11-6-2-4-8-13(11)16(17-14)12-7-3-1-5-10(12)9-20-15(16)19/h1-8H,9H2,(H,17,18). The van der Waals surface area contributed by atoms with E-state index in [1.165, 1.54) is 0 Å². The molecule has 1 atom stereocenters. The fourth-order valence-corrected chi connectivity index (χ4v) is 3.06. The number of cyclic esters (lactones) is 1. The Morgan fingerprint density at radius 1 is 0.950 bits per heavy atom. The highest BCUT2D eigenvalue weighted by Crippen LogP contribution is 2.42. The van der Waals surface area contributed by atoms with Crippen molar-refractivity contribution < 1.29 is 14.3 Å². The van der Waals surface area contributed by atoms with E-state index in [-0.39, 0.29) is 12.5 Å². The molecule has 2 heterocycles. The first-order valence-electron chi connectivity index (χ1n) is 6.41. The zero-order chi connectivity index (χ0) is 13.7. The van der Waals surface area contributed by atoms with Crippen LogP contribution in [0.15, 0.2) is 48.5 Å². The lowest BCUT2D eigenvalue weighted by Gasteiger charge is -2.34. The molecule has 1 spiro atoms. The molecule has 98 valence electrons.